The van der Waals surface area contributed by atoms with Gasteiger partial charge in [0.15, 0.2) is 0 Å². The zero-order chi connectivity index (χ0) is 11.8. The average molecular weight is 242 g/mol. The highest BCUT2D eigenvalue weighted by molar-refractivity contribution is 6.32. The van der Waals surface area contributed by atoms with Crippen LogP contribution in [0.25, 0.3) is 0 Å². The largest absolute Gasteiger partial charge is 0.492 e. The molecule has 0 saturated heterocycles. The van der Waals surface area contributed by atoms with E-state index in [1.165, 1.54) is 5.56 Å². The third kappa shape index (κ3) is 4.86. The molecule has 0 aliphatic rings. The topological polar surface area (TPSA) is 21.3 Å². The summed E-state index contributed by atoms with van der Waals surface area (Å²) in [5, 5.41) is 3.98. The summed E-state index contributed by atoms with van der Waals surface area (Å²) in [6.07, 6.45) is 2.19. The summed E-state index contributed by atoms with van der Waals surface area (Å²) in [5.41, 5.74) is 1.17. The van der Waals surface area contributed by atoms with Crippen LogP contribution in [0.15, 0.2) is 18.2 Å². The van der Waals surface area contributed by atoms with E-state index in [-0.39, 0.29) is 0 Å². The van der Waals surface area contributed by atoms with Gasteiger partial charge in [-0.2, -0.15) is 0 Å². The first-order valence-electron chi connectivity index (χ1n) is 5.83. The maximum Gasteiger partial charge on any atom is 0.138 e. The lowest BCUT2D eigenvalue weighted by Crippen LogP contribution is -2.14. The van der Waals surface area contributed by atoms with Gasteiger partial charge in [-0.1, -0.05) is 24.6 Å². The number of aryl methyl sites for hydroxylation is 1. The maximum absolute atomic E-state index is 6.02. The van der Waals surface area contributed by atoms with Gasteiger partial charge in [0.2, 0.25) is 0 Å². The molecule has 1 rings (SSSR count). The van der Waals surface area contributed by atoms with Crippen molar-refractivity contribution < 1.29 is 4.74 Å². The van der Waals surface area contributed by atoms with E-state index in [0.717, 1.165) is 38.3 Å². The summed E-state index contributed by atoms with van der Waals surface area (Å²) < 4.78 is 5.64. The second-order valence-corrected chi connectivity index (χ2v) is 4.25. The minimum Gasteiger partial charge on any atom is -0.492 e. The molecule has 0 heterocycles. The average Bonchev–Trinajstić information content (AvgIpc) is 2.28. The maximum atomic E-state index is 6.02. The molecule has 3 heteroatoms. The number of unbranched alkanes of at least 4 members (excludes halogenated alkanes) is 1. The number of ether oxygens (including phenoxy) is 1. The summed E-state index contributed by atoms with van der Waals surface area (Å²) in [6.45, 7) is 6.97. The van der Waals surface area contributed by atoms with Crippen LogP contribution in [-0.2, 0) is 0 Å². The van der Waals surface area contributed by atoms with Crippen LogP contribution >= 0.6 is 11.6 Å². The van der Waals surface area contributed by atoms with Crippen molar-refractivity contribution in [3.8, 4) is 5.75 Å². The van der Waals surface area contributed by atoms with Gasteiger partial charge in [-0.05, 0) is 50.6 Å². The van der Waals surface area contributed by atoms with Crippen molar-refractivity contribution in [2.45, 2.75) is 26.7 Å². The molecule has 2 nitrogen and oxygen atoms in total. The summed E-state index contributed by atoms with van der Waals surface area (Å²) in [7, 11) is 0. The Balaban J connectivity index is 2.23. The van der Waals surface area contributed by atoms with Crippen LogP contribution in [0.1, 0.15) is 25.3 Å². The molecule has 0 bridgehead atoms. The molecule has 0 atom stereocenters. The van der Waals surface area contributed by atoms with E-state index in [1.807, 2.05) is 25.1 Å². The Morgan fingerprint density at radius 1 is 1.31 bits per heavy atom. The van der Waals surface area contributed by atoms with Crippen molar-refractivity contribution in [3.63, 3.8) is 0 Å². The molecule has 0 radical (unpaired) electrons. The van der Waals surface area contributed by atoms with E-state index >= 15 is 0 Å². The van der Waals surface area contributed by atoms with Crippen LogP contribution in [-0.4, -0.2) is 19.7 Å². The van der Waals surface area contributed by atoms with Gasteiger partial charge in [-0.25, -0.2) is 0 Å². The zero-order valence-corrected chi connectivity index (χ0v) is 10.8. The molecule has 0 aromatic heterocycles. The van der Waals surface area contributed by atoms with Crippen LogP contribution in [0.3, 0.4) is 0 Å². The highest BCUT2D eigenvalue weighted by atomic mass is 35.5. The standard InChI is InChI=1S/C13H20ClNO/c1-3-15-8-4-5-9-16-13-10-11(2)6-7-12(13)14/h6-7,10,15H,3-5,8-9H2,1-2H3. The predicted molar refractivity (Wildman–Crippen MR) is 69.5 cm³/mol. The van der Waals surface area contributed by atoms with Crippen LogP contribution < -0.4 is 10.1 Å². The number of benzene rings is 1. The number of nitrogens with one attached hydrogen (secondary N) is 1. The second kappa shape index (κ2) is 7.53. The highest BCUT2D eigenvalue weighted by Crippen LogP contribution is 2.25. The van der Waals surface area contributed by atoms with Gasteiger partial charge in [-0.15, -0.1) is 0 Å². The van der Waals surface area contributed by atoms with Gasteiger partial charge in [0.05, 0.1) is 11.6 Å². The quantitative estimate of drug-likeness (QED) is 0.739. The van der Waals surface area contributed by atoms with E-state index in [2.05, 4.69) is 12.2 Å². The molecule has 1 aromatic rings. The summed E-state index contributed by atoms with van der Waals surface area (Å²) in [5.74, 6) is 0.796. The Kier molecular flexibility index (Phi) is 6.27. The molecular formula is C13H20ClNO. The molecule has 0 aliphatic heterocycles. The van der Waals surface area contributed by atoms with E-state index in [1.54, 1.807) is 0 Å². The fourth-order valence-electron chi connectivity index (χ4n) is 1.43. The summed E-state index contributed by atoms with van der Waals surface area (Å²) in [4.78, 5) is 0. The molecule has 0 unspecified atom stereocenters. The molecule has 1 aromatic carbocycles. The predicted octanol–water partition coefficient (Wildman–Crippen LogP) is 3.42. The lowest BCUT2D eigenvalue weighted by atomic mass is 10.2. The molecule has 0 aliphatic carbocycles. The molecule has 0 spiro atoms. The van der Waals surface area contributed by atoms with Gasteiger partial charge >= 0.3 is 0 Å². The number of rotatable bonds is 7. The van der Waals surface area contributed by atoms with Crippen LogP contribution in [0, 0.1) is 6.92 Å². The van der Waals surface area contributed by atoms with E-state index < -0.39 is 0 Å². The van der Waals surface area contributed by atoms with Crippen molar-refractivity contribution in [2.24, 2.45) is 0 Å². The lowest BCUT2D eigenvalue weighted by Gasteiger charge is -2.08. The lowest BCUT2D eigenvalue weighted by molar-refractivity contribution is 0.306. The molecule has 1 N–H and O–H groups in total. The molecular weight excluding hydrogens is 222 g/mol. The molecule has 16 heavy (non-hydrogen) atoms. The minimum atomic E-state index is 0.692. The summed E-state index contributed by atoms with van der Waals surface area (Å²) in [6, 6.07) is 5.85. The first kappa shape index (κ1) is 13.3. The minimum absolute atomic E-state index is 0.692. The fraction of sp³-hybridized carbons (Fsp3) is 0.538. The van der Waals surface area contributed by atoms with E-state index in [0.29, 0.717) is 5.02 Å². The van der Waals surface area contributed by atoms with Crippen molar-refractivity contribution in [1.82, 2.24) is 5.32 Å². The third-order valence-electron chi connectivity index (χ3n) is 2.34. The Labute approximate surface area is 103 Å². The van der Waals surface area contributed by atoms with Crippen molar-refractivity contribution in [1.29, 1.82) is 0 Å². The second-order valence-electron chi connectivity index (χ2n) is 3.84. The molecule has 90 valence electrons. The molecule has 0 fully saturated rings. The number of hydrogen-bond acceptors (Lipinski definition) is 2. The first-order valence-corrected chi connectivity index (χ1v) is 6.21. The smallest absolute Gasteiger partial charge is 0.138 e. The van der Waals surface area contributed by atoms with Gasteiger partial charge in [0, 0.05) is 0 Å². The Hall–Kier alpha value is -0.730. The third-order valence-corrected chi connectivity index (χ3v) is 2.65. The fourth-order valence-corrected chi connectivity index (χ4v) is 1.60. The molecule has 0 saturated carbocycles. The van der Waals surface area contributed by atoms with Crippen molar-refractivity contribution >= 4 is 11.6 Å². The van der Waals surface area contributed by atoms with Gasteiger partial charge < -0.3 is 10.1 Å². The van der Waals surface area contributed by atoms with Gasteiger partial charge in [0.1, 0.15) is 5.75 Å². The van der Waals surface area contributed by atoms with Crippen molar-refractivity contribution in [3.05, 3.63) is 28.8 Å². The van der Waals surface area contributed by atoms with Crippen LogP contribution in [0.5, 0.6) is 5.75 Å². The SMILES string of the molecule is CCNCCCCOc1cc(C)ccc1Cl. The van der Waals surface area contributed by atoms with Crippen LogP contribution in [0.4, 0.5) is 0 Å². The first-order chi connectivity index (χ1) is 7.74. The Morgan fingerprint density at radius 3 is 2.88 bits per heavy atom. The van der Waals surface area contributed by atoms with E-state index in [9.17, 15) is 0 Å². The van der Waals surface area contributed by atoms with E-state index in [4.69, 9.17) is 16.3 Å². The zero-order valence-electron chi connectivity index (χ0n) is 10.1. The highest BCUT2D eigenvalue weighted by Gasteiger charge is 2.00. The Bertz CT molecular complexity index is 315. The normalized spacial score (nSPS) is 10.4. The summed E-state index contributed by atoms with van der Waals surface area (Å²) >= 11 is 6.02. The van der Waals surface area contributed by atoms with Crippen molar-refractivity contribution in [2.75, 3.05) is 19.7 Å². The van der Waals surface area contributed by atoms with Gasteiger partial charge in [0.25, 0.3) is 0 Å². The molecule has 0 amide bonds. The van der Waals surface area contributed by atoms with Crippen LogP contribution in [0.2, 0.25) is 5.02 Å². The Morgan fingerprint density at radius 2 is 2.12 bits per heavy atom. The number of halogens is 1. The van der Waals surface area contributed by atoms with Gasteiger partial charge in [-0.3, -0.25) is 0 Å². The monoisotopic (exact) mass is 241 g/mol. The number of hydrogen-bond donors (Lipinski definition) is 1.